The summed E-state index contributed by atoms with van der Waals surface area (Å²) in [5.41, 5.74) is 8.46. The lowest BCUT2D eigenvalue weighted by Gasteiger charge is -2.17. The number of carboxylic acid groups (broad SMARTS) is 1. The van der Waals surface area contributed by atoms with Crippen LogP contribution in [0.5, 0.6) is 0 Å². The number of carboxylic acids is 1. The molecule has 0 radical (unpaired) electrons. The Morgan fingerprint density at radius 1 is 1.10 bits per heavy atom. The molecule has 0 aliphatic heterocycles. The van der Waals surface area contributed by atoms with Crippen LogP contribution in [0.4, 0.5) is 0 Å². The Labute approximate surface area is 180 Å². The van der Waals surface area contributed by atoms with Crippen LogP contribution in [0.15, 0.2) is 73.1 Å². The first-order valence-electron chi connectivity index (χ1n) is 10.2. The first kappa shape index (κ1) is 20.3. The standard InChI is InChI=1S/C26H23N3O2/c1-3-22(23-5-4-14-27-17(23)2)26(20-11-12-24-21(15-20)16-28-29-24)19-9-6-18(7-10-19)8-13-25(30)31/h4-16H,3H2,1-2H3,(H,28,29)(H,30,31)/b13-8+,26-22+. The van der Waals surface area contributed by atoms with Crippen LogP contribution in [0.1, 0.15) is 41.3 Å². The number of aromatic nitrogens is 3. The molecule has 0 aliphatic rings. The van der Waals surface area contributed by atoms with Crippen molar-refractivity contribution in [1.29, 1.82) is 0 Å². The van der Waals surface area contributed by atoms with Gasteiger partial charge in [0.05, 0.1) is 11.7 Å². The van der Waals surface area contributed by atoms with Crippen molar-refractivity contribution in [3.8, 4) is 0 Å². The number of H-pyrrole nitrogens is 1. The lowest BCUT2D eigenvalue weighted by molar-refractivity contribution is -0.131. The van der Waals surface area contributed by atoms with Crippen LogP contribution in [0.25, 0.3) is 28.1 Å². The van der Waals surface area contributed by atoms with Gasteiger partial charge in [-0.2, -0.15) is 5.10 Å². The summed E-state index contributed by atoms with van der Waals surface area (Å²) in [4.78, 5) is 15.3. The fourth-order valence-electron chi connectivity index (χ4n) is 3.85. The van der Waals surface area contributed by atoms with Gasteiger partial charge in [0.1, 0.15) is 0 Å². The third kappa shape index (κ3) is 4.31. The molecule has 154 valence electrons. The number of hydrogen-bond donors (Lipinski definition) is 2. The van der Waals surface area contributed by atoms with Gasteiger partial charge >= 0.3 is 5.97 Å². The molecule has 2 heterocycles. The molecule has 0 saturated heterocycles. The van der Waals surface area contributed by atoms with E-state index in [1.54, 1.807) is 6.08 Å². The SMILES string of the molecule is CC/C(=C(/c1ccc(/C=C/C(=O)O)cc1)c1ccc2[nH]ncc2c1)c1cccnc1C. The molecule has 0 fully saturated rings. The van der Waals surface area contributed by atoms with E-state index in [0.717, 1.165) is 56.9 Å². The highest BCUT2D eigenvalue weighted by atomic mass is 16.4. The van der Waals surface area contributed by atoms with E-state index in [0.29, 0.717) is 0 Å². The lowest BCUT2D eigenvalue weighted by Crippen LogP contribution is -1.98. The maximum atomic E-state index is 10.8. The third-order valence-corrected chi connectivity index (χ3v) is 5.33. The smallest absolute Gasteiger partial charge is 0.328 e. The number of benzene rings is 2. The fourth-order valence-corrected chi connectivity index (χ4v) is 3.85. The van der Waals surface area contributed by atoms with E-state index in [4.69, 9.17) is 5.11 Å². The second-order valence-electron chi connectivity index (χ2n) is 7.31. The van der Waals surface area contributed by atoms with E-state index in [2.05, 4.69) is 40.3 Å². The predicted octanol–water partition coefficient (Wildman–Crippen LogP) is 5.73. The molecule has 0 spiro atoms. The van der Waals surface area contributed by atoms with Crippen LogP contribution in [-0.2, 0) is 4.79 Å². The summed E-state index contributed by atoms with van der Waals surface area (Å²) < 4.78 is 0. The molecule has 0 bridgehead atoms. The van der Waals surface area contributed by atoms with E-state index in [1.165, 1.54) is 5.57 Å². The predicted molar refractivity (Wildman–Crippen MR) is 124 cm³/mol. The fraction of sp³-hybridized carbons (Fsp3) is 0.115. The van der Waals surface area contributed by atoms with Crippen LogP contribution in [-0.4, -0.2) is 26.3 Å². The minimum absolute atomic E-state index is 0.839. The van der Waals surface area contributed by atoms with Gasteiger partial charge in [-0.1, -0.05) is 43.3 Å². The van der Waals surface area contributed by atoms with Crippen LogP contribution >= 0.6 is 0 Å². The lowest BCUT2D eigenvalue weighted by atomic mass is 9.87. The summed E-state index contributed by atoms with van der Waals surface area (Å²) in [5.74, 6) is -0.960. The number of allylic oxidation sites excluding steroid dienone is 1. The second-order valence-corrected chi connectivity index (χ2v) is 7.31. The summed E-state index contributed by atoms with van der Waals surface area (Å²) in [7, 11) is 0. The maximum Gasteiger partial charge on any atom is 0.328 e. The van der Waals surface area contributed by atoms with Gasteiger partial charge in [0.15, 0.2) is 0 Å². The number of hydrogen-bond acceptors (Lipinski definition) is 3. The van der Waals surface area contributed by atoms with Crippen LogP contribution in [0, 0.1) is 6.92 Å². The minimum Gasteiger partial charge on any atom is -0.478 e. The summed E-state index contributed by atoms with van der Waals surface area (Å²) in [6, 6.07) is 18.3. The van der Waals surface area contributed by atoms with Crippen molar-refractivity contribution in [2.75, 3.05) is 0 Å². The van der Waals surface area contributed by atoms with Gasteiger partial charge in [0, 0.05) is 23.4 Å². The first-order valence-corrected chi connectivity index (χ1v) is 10.2. The zero-order valence-corrected chi connectivity index (χ0v) is 17.5. The normalized spacial score (nSPS) is 12.3. The van der Waals surface area contributed by atoms with Gasteiger partial charge in [-0.15, -0.1) is 0 Å². The number of fused-ring (bicyclic) bond motifs is 1. The molecular weight excluding hydrogens is 386 g/mol. The van der Waals surface area contributed by atoms with Crippen molar-refractivity contribution in [1.82, 2.24) is 15.2 Å². The summed E-state index contributed by atoms with van der Waals surface area (Å²) in [6.07, 6.45) is 7.23. The van der Waals surface area contributed by atoms with E-state index in [-0.39, 0.29) is 0 Å². The van der Waals surface area contributed by atoms with E-state index in [9.17, 15) is 4.79 Å². The van der Waals surface area contributed by atoms with Gasteiger partial charge in [0.25, 0.3) is 0 Å². The van der Waals surface area contributed by atoms with E-state index < -0.39 is 5.97 Å². The van der Waals surface area contributed by atoms with Crippen LogP contribution in [0.3, 0.4) is 0 Å². The molecule has 5 heteroatoms. The molecule has 0 amide bonds. The van der Waals surface area contributed by atoms with Gasteiger partial charge < -0.3 is 5.11 Å². The zero-order valence-electron chi connectivity index (χ0n) is 17.5. The van der Waals surface area contributed by atoms with Gasteiger partial charge in [0.2, 0.25) is 0 Å². The Morgan fingerprint density at radius 2 is 1.87 bits per heavy atom. The van der Waals surface area contributed by atoms with Gasteiger partial charge in [-0.3, -0.25) is 10.1 Å². The van der Waals surface area contributed by atoms with E-state index >= 15 is 0 Å². The molecule has 0 saturated carbocycles. The number of carbonyl (C=O) groups is 1. The summed E-state index contributed by atoms with van der Waals surface area (Å²) in [6.45, 7) is 4.18. The molecule has 0 unspecified atom stereocenters. The average Bonchev–Trinajstić information content (AvgIpc) is 3.25. The molecule has 2 aromatic carbocycles. The number of nitrogens with one attached hydrogen (secondary N) is 1. The quantitative estimate of drug-likeness (QED) is 0.398. The number of aromatic amines is 1. The molecule has 2 N–H and O–H groups in total. The molecule has 0 aliphatic carbocycles. The number of aryl methyl sites for hydroxylation is 1. The van der Waals surface area contributed by atoms with Crippen LogP contribution in [0.2, 0.25) is 0 Å². The molecule has 0 atom stereocenters. The number of rotatable bonds is 6. The highest BCUT2D eigenvalue weighted by Gasteiger charge is 2.15. The summed E-state index contributed by atoms with van der Waals surface area (Å²) >= 11 is 0. The molecular formula is C26H23N3O2. The van der Waals surface area contributed by atoms with Crippen molar-refractivity contribution in [2.45, 2.75) is 20.3 Å². The Kier molecular flexibility index (Phi) is 5.76. The maximum absolute atomic E-state index is 10.8. The third-order valence-electron chi connectivity index (χ3n) is 5.33. The first-order chi connectivity index (χ1) is 15.1. The molecule has 4 aromatic rings. The number of pyridine rings is 1. The van der Waals surface area contributed by atoms with Crippen LogP contribution < -0.4 is 0 Å². The topological polar surface area (TPSA) is 78.9 Å². The molecule has 31 heavy (non-hydrogen) atoms. The highest BCUT2D eigenvalue weighted by Crippen LogP contribution is 2.36. The zero-order chi connectivity index (χ0) is 21.8. The Morgan fingerprint density at radius 3 is 2.58 bits per heavy atom. The Hall–Kier alpha value is -3.99. The monoisotopic (exact) mass is 409 g/mol. The summed E-state index contributed by atoms with van der Waals surface area (Å²) in [5, 5.41) is 17.1. The molecule has 2 aromatic heterocycles. The van der Waals surface area contributed by atoms with Crippen molar-refractivity contribution < 1.29 is 9.90 Å². The largest absolute Gasteiger partial charge is 0.478 e. The van der Waals surface area contributed by atoms with Crippen molar-refractivity contribution in [2.24, 2.45) is 0 Å². The minimum atomic E-state index is -0.960. The average molecular weight is 409 g/mol. The van der Waals surface area contributed by atoms with Crippen molar-refractivity contribution >= 4 is 34.1 Å². The molecule has 5 nitrogen and oxygen atoms in total. The van der Waals surface area contributed by atoms with Gasteiger partial charge in [-0.05, 0) is 71.0 Å². The van der Waals surface area contributed by atoms with Crippen molar-refractivity contribution in [3.05, 3.63) is 101 Å². The van der Waals surface area contributed by atoms with Crippen molar-refractivity contribution in [3.63, 3.8) is 0 Å². The number of aliphatic carboxylic acids is 1. The highest BCUT2D eigenvalue weighted by molar-refractivity contribution is 6.00. The van der Waals surface area contributed by atoms with E-state index in [1.807, 2.05) is 55.7 Å². The Bertz CT molecular complexity index is 1300. The Balaban J connectivity index is 1.92. The van der Waals surface area contributed by atoms with Gasteiger partial charge in [-0.25, -0.2) is 4.79 Å². The number of nitrogens with zero attached hydrogens (tertiary/aromatic N) is 2. The molecule has 4 rings (SSSR count). The second kappa shape index (κ2) is 8.79.